The Morgan fingerprint density at radius 2 is 1.58 bits per heavy atom. The molecule has 2 rings (SSSR count). The molecular formula is C22H31NO. The molecule has 0 heterocycles. The SMILES string of the molecule is CCN(CC)CCCOc1ccc(C(C)Cc2ccccc2)cc1. The standard InChI is InChI=1S/C22H31NO/c1-4-23(5-2)16-9-17-24-22-14-12-21(13-15-22)19(3)18-20-10-7-6-8-11-20/h6-8,10-15,19H,4-5,9,16-18H2,1-3H3. The molecule has 0 radical (unpaired) electrons. The van der Waals surface area contributed by atoms with Gasteiger partial charge >= 0.3 is 0 Å². The molecule has 0 spiro atoms. The first-order valence-corrected chi connectivity index (χ1v) is 9.22. The van der Waals surface area contributed by atoms with Crippen LogP contribution >= 0.6 is 0 Å². The van der Waals surface area contributed by atoms with E-state index in [4.69, 9.17) is 4.74 Å². The molecular weight excluding hydrogens is 294 g/mol. The predicted molar refractivity (Wildman–Crippen MR) is 103 cm³/mol. The molecule has 24 heavy (non-hydrogen) atoms. The van der Waals surface area contributed by atoms with Gasteiger partial charge in [0.25, 0.3) is 0 Å². The first kappa shape index (κ1) is 18.5. The first-order valence-electron chi connectivity index (χ1n) is 9.22. The van der Waals surface area contributed by atoms with Crippen molar-refractivity contribution in [3.8, 4) is 5.75 Å². The van der Waals surface area contributed by atoms with Crippen molar-refractivity contribution in [1.29, 1.82) is 0 Å². The van der Waals surface area contributed by atoms with Crippen LogP contribution in [0.25, 0.3) is 0 Å². The quantitative estimate of drug-likeness (QED) is 0.561. The largest absolute Gasteiger partial charge is 0.494 e. The van der Waals surface area contributed by atoms with Crippen molar-refractivity contribution in [2.75, 3.05) is 26.2 Å². The van der Waals surface area contributed by atoms with Gasteiger partial charge in [0, 0.05) is 6.54 Å². The van der Waals surface area contributed by atoms with Crippen LogP contribution in [0.4, 0.5) is 0 Å². The maximum absolute atomic E-state index is 5.87. The lowest BCUT2D eigenvalue weighted by Gasteiger charge is -2.18. The monoisotopic (exact) mass is 325 g/mol. The van der Waals surface area contributed by atoms with Crippen LogP contribution in [0.3, 0.4) is 0 Å². The molecule has 0 N–H and O–H groups in total. The average molecular weight is 325 g/mol. The van der Waals surface area contributed by atoms with Gasteiger partial charge in [-0.3, -0.25) is 0 Å². The van der Waals surface area contributed by atoms with Gasteiger partial charge in [0.15, 0.2) is 0 Å². The highest BCUT2D eigenvalue weighted by Crippen LogP contribution is 2.23. The summed E-state index contributed by atoms with van der Waals surface area (Å²) in [5.74, 6) is 1.49. The maximum Gasteiger partial charge on any atom is 0.119 e. The fourth-order valence-corrected chi connectivity index (χ4v) is 3.00. The Morgan fingerprint density at radius 3 is 2.21 bits per heavy atom. The number of rotatable bonds is 10. The van der Waals surface area contributed by atoms with Gasteiger partial charge in [0.2, 0.25) is 0 Å². The van der Waals surface area contributed by atoms with E-state index in [-0.39, 0.29) is 0 Å². The zero-order valence-electron chi connectivity index (χ0n) is 15.4. The highest BCUT2D eigenvalue weighted by Gasteiger charge is 2.07. The van der Waals surface area contributed by atoms with Crippen LogP contribution in [-0.2, 0) is 6.42 Å². The Kier molecular flexibility index (Phi) is 7.84. The smallest absolute Gasteiger partial charge is 0.119 e. The average Bonchev–Trinajstić information content (AvgIpc) is 2.63. The van der Waals surface area contributed by atoms with Crippen LogP contribution in [0.15, 0.2) is 54.6 Å². The molecule has 1 atom stereocenters. The van der Waals surface area contributed by atoms with Gasteiger partial charge in [-0.15, -0.1) is 0 Å². The van der Waals surface area contributed by atoms with E-state index in [1.807, 2.05) is 0 Å². The highest BCUT2D eigenvalue weighted by atomic mass is 16.5. The topological polar surface area (TPSA) is 12.5 Å². The molecule has 0 aliphatic heterocycles. The van der Waals surface area contributed by atoms with Crippen molar-refractivity contribution < 1.29 is 4.74 Å². The third kappa shape index (κ3) is 6.01. The predicted octanol–water partition coefficient (Wildman–Crippen LogP) is 5.14. The van der Waals surface area contributed by atoms with Crippen molar-refractivity contribution in [2.45, 2.75) is 39.5 Å². The van der Waals surface area contributed by atoms with Crippen molar-refractivity contribution in [3.05, 3.63) is 65.7 Å². The molecule has 2 aromatic carbocycles. The Labute approximate surface area is 147 Å². The summed E-state index contributed by atoms with van der Waals surface area (Å²) in [7, 11) is 0. The van der Waals surface area contributed by atoms with Crippen LogP contribution in [0, 0.1) is 0 Å². The molecule has 130 valence electrons. The molecule has 0 aliphatic carbocycles. The fourth-order valence-electron chi connectivity index (χ4n) is 3.00. The van der Waals surface area contributed by atoms with E-state index < -0.39 is 0 Å². The molecule has 0 saturated heterocycles. The van der Waals surface area contributed by atoms with Gasteiger partial charge in [-0.1, -0.05) is 63.2 Å². The van der Waals surface area contributed by atoms with Gasteiger partial charge in [-0.25, -0.2) is 0 Å². The third-order valence-corrected chi connectivity index (χ3v) is 4.62. The van der Waals surface area contributed by atoms with Crippen molar-refractivity contribution in [2.24, 2.45) is 0 Å². The molecule has 0 aromatic heterocycles. The summed E-state index contributed by atoms with van der Waals surface area (Å²) in [6.07, 6.45) is 2.15. The minimum Gasteiger partial charge on any atom is -0.494 e. The van der Waals surface area contributed by atoms with E-state index >= 15 is 0 Å². The molecule has 0 saturated carbocycles. The zero-order valence-corrected chi connectivity index (χ0v) is 15.4. The molecule has 1 unspecified atom stereocenters. The molecule has 2 heteroatoms. The van der Waals surface area contributed by atoms with Gasteiger partial charge in [0.1, 0.15) is 5.75 Å². The highest BCUT2D eigenvalue weighted by molar-refractivity contribution is 5.30. The Balaban J connectivity index is 1.78. The number of benzene rings is 2. The van der Waals surface area contributed by atoms with E-state index in [0.29, 0.717) is 5.92 Å². The maximum atomic E-state index is 5.87. The number of ether oxygens (including phenoxy) is 1. The lowest BCUT2D eigenvalue weighted by Crippen LogP contribution is -2.25. The Bertz CT molecular complexity index is 560. The van der Waals surface area contributed by atoms with E-state index in [1.165, 1.54) is 11.1 Å². The lowest BCUT2D eigenvalue weighted by atomic mass is 9.94. The molecule has 0 bridgehead atoms. The van der Waals surface area contributed by atoms with Gasteiger partial charge in [-0.05, 0) is 55.1 Å². The van der Waals surface area contributed by atoms with E-state index in [0.717, 1.165) is 44.8 Å². The summed E-state index contributed by atoms with van der Waals surface area (Å²) in [6.45, 7) is 10.8. The minimum atomic E-state index is 0.518. The first-order chi connectivity index (χ1) is 11.7. The summed E-state index contributed by atoms with van der Waals surface area (Å²) in [4.78, 5) is 2.43. The second kappa shape index (κ2) is 10.1. The van der Waals surface area contributed by atoms with Crippen LogP contribution in [0.5, 0.6) is 5.75 Å². The Hall–Kier alpha value is -1.80. The fraction of sp³-hybridized carbons (Fsp3) is 0.455. The normalized spacial score (nSPS) is 12.3. The summed E-state index contributed by atoms with van der Waals surface area (Å²) in [5.41, 5.74) is 2.76. The van der Waals surface area contributed by atoms with E-state index in [1.54, 1.807) is 0 Å². The summed E-state index contributed by atoms with van der Waals surface area (Å²) in [6, 6.07) is 19.3. The Morgan fingerprint density at radius 1 is 0.917 bits per heavy atom. The van der Waals surface area contributed by atoms with Crippen LogP contribution in [0.1, 0.15) is 44.2 Å². The van der Waals surface area contributed by atoms with Crippen LogP contribution < -0.4 is 4.74 Å². The number of nitrogens with zero attached hydrogens (tertiary/aromatic N) is 1. The third-order valence-electron chi connectivity index (χ3n) is 4.62. The van der Waals surface area contributed by atoms with E-state index in [9.17, 15) is 0 Å². The number of hydrogen-bond acceptors (Lipinski definition) is 2. The van der Waals surface area contributed by atoms with Gasteiger partial charge < -0.3 is 9.64 Å². The second-order valence-corrected chi connectivity index (χ2v) is 6.39. The number of hydrogen-bond donors (Lipinski definition) is 0. The molecule has 0 fully saturated rings. The van der Waals surface area contributed by atoms with Crippen LogP contribution in [0.2, 0.25) is 0 Å². The van der Waals surface area contributed by atoms with Crippen molar-refractivity contribution in [1.82, 2.24) is 4.90 Å². The lowest BCUT2D eigenvalue weighted by molar-refractivity contribution is 0.249. The molecule has 0 amide bonds. The molecule has 2 nitrogen and oxygen atoms in total. The molecule has 0 aliphatic rings. The minimum absolute atomic E-state index is 0.518. The van der Waals surface area contributed by atoms with Crippen LogP contribution in [-0.4, -0.2) is 31.1 Å². The molecule has 2 aromatic rings. The van der Waals surface area contributed by atoms with E-state index in [2.05, 4.69) is 80.3 Å². The van der Waals surface area contributed by atoms with Crippen molar-refractivity contribution >= 4 is 0 Å². The zero-order chi connectivity index (χ0) is 17.2. The summed E-state index contributed by atoms with van der Waals surface area (Å²) < 4.78 is 5.87. The summed E-state index contributed by atoms with van der Waals surface area (Å²) >= 11 is 0. The van der Waals surface area contributed by atoms with Gasteiger partial charge in [0.05, 0.1) is 6.61 Å². The van der Waals surface area contributed by atoms with Gasteiger partial charge in [-0.2, -0.15) is 0 Å². The van der Waals surface area contributed by atoms with Crippen molar-refractivity contribution in [3.63, 3.8) is 0 Å². The second-order valence-electron chi connectivity index (χ2n) is 6.39. The summed E-state index contributed by atoms with van der Waals surface area (Å²) in [5, 5.41) is 0.